The van der Waals surface area contributed by atoms with Crippen molar-refractivity contribution in [2.75, 3.05) is 26.5 Å². The maximum absolute atomic E-state index is 12.9. The lowest BCUT2D eigenvalue weighted by Gasteiger charge is -2.32. The number of carbonyl (C=O) groups excluding carboxylic acids is 1. The van der Waals surface area contributed by atoms with Gasteiger partial charge in [0.25, 0.3) is 5.91 Å². The summed E-state index contributed by atoms with van der Waals surface area (Å²) in [5.74, 6) is 1.06. The molecule has 0 aliphatic carbocycles. The summed E-state index contributed by atoms with van der Waals surface area (Å²) in [6.45, 7) is 1.44. The zero-order chi connectivity index (χ0) is 19.5. The van der Waals surface area contributed by atoms with Crippen LogP contribution in [0.2, 0.25) is 0 Å². The van der Waals surface area contributed by atoms with E-state index in [0.717, 1.165) is 46.3 Å². The Labute approximate surface area is 172 Å². The summed E-state index contributed by atoms with van der Waals surface area (Å²) >= 11 is 3.09. The number of benzene rings is 1. The minimum atomic E-state index is 0.0173. The highest BCUT2D eigenvalue weighted by molar-refractivity contribution is 8.00. The van der Waals surface area contributed by atoms with E-state index in [1.807, 2.05) is 40.9 Å². The number of aromatic nitrogens is 3. The first-order valence-electron chi connectivity index (χ1n) is 9.16. The van der Waals surface area contributed by atoms with Crippen LogP contribution in [0.1, 0.15) is 34.9 Å². The van der Waals surface area contributed by atoms with Crippen LogP contribution in [0.25, 0.3) is 11.1 Å². The minimum absolute atomic E-state index is 0.0173. The summed E-state index contributed by atoms with van der Waals surface area (Å²) in [7, 11) is 1.67. The Bertz CT molecular complexity index is 969. The van der Waals surface area contributed by atoms with Crippen LogP contribution >= 0.6 is 23.1 Å². The Morgan fingerprint density at radius 1 is 1.43 bits per heavy atom. The third-order valence-electron chi connectivity index (χ3n) is 5.04. The molecule has 3 heterocycles. The van der Waals surface area contributed by atoms with Gasteiger partial charge in [0.1, 0.15) is 15.8 Å². The number of amides is 1. The summed E-state index contributed by atoms with van der Waals surface area (Å²) in [6.07, 6.45) is 5.82. The number of piperidine rings is 1. The number of nitrogens with zero attached hydrogens (tertiary/aromatic N) is 3. The number of H-pyrrole nitrogens is 1. The molecule has 1 fully saturated rings. The topological polar surface area (TPSA) is 71.1 Å². The molecule has 1 unspecified atom stereocenters. The lowest BCUT2D eigenvalue weighted by atomic mass is 9.90. The third-order valence-corrected chi connectivity index (χ3v) is 6.91. The second-order valence-electron chi connectivity index (χ2n) is 6.72. The van der Waals surface area contributed by atoms with Crippen molar-refractivity contribution in [3.8, 4) is 16.9 Å². The lowest BCUT2D eigenvalue weighted by molar-refractivity contribution is 0.0700. The molecule has 0 spiro atoms. The lowest BCUT2D eigenvalue weighted by Crippen LogP contribution is -2.39. The van der Waals surface area contributed by atoms with Gasteiger partial charge in [0.2, 0.25) is 0 Å². The zero-order valence-corrected chi connectivity index (χ0v) is 17.5. The molecule has 1 aliphatic heterocycles. The molecule has 1 aromatic carbocycles. The van der Waals surface area contributed by atoms with Crippen molar-refractivity contribution >= 4 is 29.0 Å². The van der Waals surface area contributed by atoms with Crippen LogP contribution in [0, 0.1) is 0 Å². The van der Waals surface area contributed by atoms with Gasteiger partial charge in [-0.05, 0) is 36.8 Å². The number of hydrogen-bond donors (Lipinski definition) is 1. The predicted molar refractivity (Wildman–Crippen MR) is 112 cm³/mol. The summed E-state index contributed by atoms with van der Waals surface area (Å²) in [6, 6.07) is 7.98. The molecule has 1 N–H and O–H groups in total. The number of thioether (sulfide) groups is 1. The highest BCUT2D eigenvalue weighted by Gasteiger charge is 2.29. The molecule has 6 nitrogen and oxygen atoms in total. The molecule has 3 aromatic rings. The Morgan fingerprint density at radius 3 is 3.11 bits per heavy atom. The molecule has 146 valence electrons. The second kappa shape index (κ2) is 8.36. The van der Waals surface area contributed by atoms with E-state index in [-0.39, 0.29) is 11.8 Å². The number of nitrogens with one attached hydrogen (secondary N) is 1. The highest BCUT2D eigenvalue weighted by atomic mass is 32.2. The number of hydrogen-bond acceptors (Lipinski definition) is 6. The van der Waals surface area contributed by atoms with Gasteiger partial charge < -0.3 is 9.64 Å². The van der Waals surface area contributed by atoms with Crippen LogP contribution in [0.5, 0.6) is 5.75 Å². The summed E-state index contributed by atoms with van der Waals surface area (Å²) in [4.78, 5) is 19.3. The van der Waals surface area contributed by atoms with Crippen LogP contribution < -0.4 is 4.74 Å². The molecule has 1 aliphatic rings. The van der Waals surface area contributed by atoms with Gasteiger partial charge in [-0.2, -0.15) is 5.10 Å². The van der Waals surface area contributed by atoms with Gasteiger partial charge in [-0.15, -0.1) is 11.3 Å². The number of methoxy groups -OCH3 is 1. The fraction of sp³-hybridized carbons (Fsp3) is 0.350. The van der Waals surface area contributed by atoms with Crippen molar-refractivity contribution in [1.29, 1.82) is 0 Å². The van der Waals surface area contributed by atoms with Crippen LogP contribution in [0.15, 0.2) is 40.2 Å². The summed E-state index contributed by atoms with van der Waals surface area (Å²) in [5, 5.41) is 9.32. The molecule has 1 saturated heterocycles. The van der Waals surface area contributed by atoms with Crippen LogP contribution in [-0.4, -0.2) is 52.4 Å². The maximum atomic E-state index is 12.9. The first-order valence-corrected chi connectivity index (χ1v) is 11.3. The molecular weight excluding hydrogens is 392 g/mol. The van der Waals surface area contributed by atoms with Gasteiger partial charge >= 0.3 is 0 Å². The molecule has 2 aromatic heterocycles. The van der Waals surface area contributed by atoms with Gasteiger partial charge in [-0.25, -0.2) is 4.98 Å². The largest absolute Gasteiger partial charge is 0.497 e. The number of rotatable bonds is 5. The van der Waals surface area contributed by atoms with Crippen LogP contribution in [0.4, 0.5) is 0 Å². The molecule has 4 rings (SSSR count). The van der Waals surface area contributed by atoms with Crippen molar-refractivity contribution in [3.05, 3.63) is 47.2 Å². The molecular formula is C20H22N4O2S2. The van der Waals surface area contributed by atoms with Crippen LogP contribution in [0.3, 0.4) is 0 Å². The van der Waals surface area contributed by atoms with Crippen molar-refractivity contribution in [2.24, 2.45) is 0 Å². The average Bonchev–Trinajstić information content (AvgIpc) is 3.43. The fourth-order valence-corrected chi connectivity index (χ4v) is 4.87. The second-order valence-corrected chi connectivity index (χ2v) is 8.63. The molecule has 1 amide bonds. The minimum Gasteiger partial charge on any atom is -0.497 e. The van der Waals surface area contributed by atoms with E-state index in [0.29, 0.717) is 12.2 Å². The first kappa shape index (κ1) is 19.0. The number of ether oxygens (including phenoxy) is 1. The Morgan fingerprint density at radius 2 is 2.32 bits per heavy atom. The standard InChI is InChI=1S/C20H22N4O2S2/c1-26-15-7-3-5-13(9-15)16-10-21-23-18(16)14-6-4-8-24(11-14)19(25)17-12-28-20(22-17)27-2/h3,5,7,9-10,12,14H,4,6,8,11H2,1-2H3,(H,21,23). The first-order chi connectivity index (χ1) is 13.7. The highest BCUT2D eigenvalue weighted by Crippen LogP contribution is 2.34. The maximum Gasteiger partial charge on any atom is 0.273 e. The quantitative estimate of drug-likeness (QED) is 0.631. The van der Waals surface area contributed by atoms with E-state index in [1.54, 1.807) is 18.9 Å². The number of likely N-dealkylation sites (tertiary alicyclic amines) is 1. The van der Waals surface area contributed by atoms with Crippen molar-refractivity contribution in [2.45, 2.75) is 23.1 Å². The Hall–Kier alpha value is -2.32. The monoisotopic (exact) mass is 414 g/mol. The summed E-state index contributed by atoms with van der Waals surface area (Å²) < 4.78 is 6.28. The molecule has 0 radical (unpaired) electrons. The molecule has 0 saturated carbocycles. The van der Waals surface area contributed by atoms with Gasteiger partial charge in [0, 0.05) is 35.6 Å². The van der Waals surface area contributed by atoms with Crippen molar-refractivity contribution in [3.63, 3.8) is 0 Å². The molecule has 0 bridgehead atoms. The molecule has 8 heteroatoms. The summed E-state index contributed by atoms with van der Waals surface area (Å²) in [5.41, 5.74) is 3.76. The molecule has 1 atom stereocenters. The van der Waals surface area contributed by atoms with E-state index in [9.17, 15) is 4.79 Å². The normalized spacial score (nSPS) is 16.9. The predicted octanol–water partition coefficient (Wildman–Crippen LogP) is 4.28. The number of thiazole rings is 1. The van der Waals surface area contributed by atoms with Crippen LogP contribution in [-0.2, 0) is 0 Å². The smallest absolute Gasteiger partial charge is 0.273 e. The fourth-order valence-electron chi connectivity index (χ4n) is 3.64. The van der Waals surface area contributed by atoms with E-state index in [4.69, 9.17) is 4.74 Å². The van der Waals surface area contributed by atoms with E-state index < -0.39 is 0 Å². The number of aromatic amines is 1. The van der Waals surface area contributed by atoms with Crippen molar-refractivity contribution < 1.29 is 9.53 Å². The average molecular weight is 415 g/mol. The van der Waals surface area contributed by atoms with E-state index >= 15 is 0 Å². The Kier molecular flexibility index (Phi) is 5.68. The van der Waals surface area contributed by atoms with Gasteiger partial charge in [-0.1, -0.05) is 23.9 Å². The Balaban J connectivity index is 1.55. The van der Waals surface area contributed by atoms with Gasteiger partial charge in [0.15, 0.2) is 0 Å². The SMILES string of the molecule is COc1cccc(-c2cn[nH]c2C2CCCN(C(=O)c3csc(SC)n3)C2)c1. The van der Waals surface area contributed by atoms with Gasteiger partial charge in [0.05, 0.1) is 13.3 Å². The molecule has 28 heavy (non-hydrogen) atoms. The van der Waals surface area contributed by atoms with E-state index in [1.165, 1.54) is 11.3 Å². The van der Waals surface area contributed by atoms with Gasteiger partial charge in [-0.3, -0.25) is 9.89 Å². The number of carbonyl (C=O) groups is 1. The van der Waals surface area contributed by atoms with E-state index in [2.05, 4.69) is 21.2 Å². The third kappa shape index (κ3) is 3.79. The van der Waals surface area contributed by atoms with Crippen molar-refractivity contribution in [1.82, 2.24) is 20.1 Å². The zero-order valence-electron chi connectivity index (χ0n) is 15.8.